The highest BCUT2D eigenvalue weighted by atomic mass is 16.5. The number of carbonyl (C=O) groups is 1. The Bertz CT molecular complexity index is 235. The van der Waals surface area contributed by atoms with E-state index in [-0.39, 0.29) is 6.61 Å². The summed E-state index contributed by atoms with van der Waals surface area (Å²) in [5.74, 6) is 1.12. The number of nitrogens with zero attached hydrogens (tertiary/aromatic N) is 1. The lowest BCUT2D eigenvalue weighted by molar-refractivity contribution is 0.160. The van der Waals surface area contributed by atoms with Crippen molar-refractivity contribution in [2.24, 2.45) is 22.4 Å². The molecule has 5 nitrogen and oxygen atoms in total. The molecule has 0 aromatic heterocycles. The van der Waals surface area contributed by atoms with Crippen molar-refractivity contribution in [3.05, 3.63) is 0 Å². The smallest absolute Gasteiger partial charge is 0.404 e. The molecule has 86 valence electrons. The maximum absolute atomic E-state index is 10.3. The molecule has 0 spiro atoms. The van der Waals surface area contributed by atoms with E-state index < -0.39 is 6.09 Å². The summed E-state index contributed by atoms with van der Waals surface area (Å²) >= 11 is 0. The Hall–Kier alpha value is -1.26. The molecular formula is C10H19N3O2. The van der Waals surface area contributed by atoms with Gasteiger partial charge in [-0.2, -0.15) is 0 Å². The number of amidine groups is 1. The minimum Gasteiger partial charge on any atom is -0.448 e. The predicted octanol–water partition coefficient (Wildman–Crippen LogP) is 1.02. The molecule has 15 heavy (non-hydrogen) atoms. The number of nitrogens with two attached hydrogens (primary N) is 2. The molecule has 0 atom stereocenters. The molecule has 0 aromatic rings. The molecule has 1 amide bonds. The van der Waals surface area contributed by atoms with E-state index in [1.54, 1.807) is 0 Å². The van der Waals surface area contributed by atoms with E-state index in [2.05, 4.69) is 9.73 Å². The molecular weight excluding hydrogens is 194 g/mol. The molecule has 1 rings (SSSR count). The lowest BCUT2D eigenvalue weighted by Gasteiger charge is -2.20. The number of rotatable bonds is 4. The van der Waals surface area contributed by atoms with Gasteiger partial charge in [-0.1, -0.05) is 19.3 Å². The number of hydrogen-bond acceptors (Lipinski definition) is 3. The topological polar surface area (TPSA) is 90.7 Å². The van der Waals surface area contributed by atoms with Crippen LogP contribution >= 0.6 is 0 Å². The zero-order valence-corrected chi connectivity index (χ0v) is 8.95. The van der Waals surface area contributed by atoms with Crippen molar-refractivity contribution in [1.29, 1.82) is 0 Å². The van der Waals surface area contributed by atoms with Gasteiger partial charge in [-0.25, -0.2) is 4.79 Å². The van der Waals surface area contributed by atoms with Gasteiger partial charge in [0.1, 0.15) is 6.61 Å². The largest absolute Gasteiger partial charge is 0.448 e. The first-order chi connectivity index (χ1) is 7.20. The van der Waals surface area contributed by atoms with Gasteiger partial charge >= 0.3 is 6.09 Å². The van der Waals surface area contributed by atoms with Crippen LogP contribution in [0.4, 0.5) is 4.79 Å². The van der Waals surface area contributed by atoms with E-state index in [1.165, 1.54) is 19.3 Å². The summed E-state index contributed by atoms with van der Waals surface area (Å²) in [5.41, 5.74) is 10.7. The SMILES string of the molecule is NC(=O)OCCN=C(N)C1CCCCC1. The number of amides is 1. The van der Waals surface area contributed by atoms with Crippen molar-refractivity contribution in [3.63, 3.8) is 0 Å². The van der Waals surface area contributed by atoms with E-state index in [0.717, 1.165) is 12.8 Å². The summed E-state index contributed by atoms with van der Waals surface area (Å²) in [6.07, 6.45) is 5.27. The molecule has 1 fully saturated rings. The summed E-state index contributed by atoms with van der Waals surface area (Å²) in [6, 6.07) is 0. The quantitative estimate of drug-likeness (QED) is 0.415. The number of ether oxygens (including phenoxy) is 1. The Morgan fingerprint density at radius 3 is 2.53 bits per heavy atom. The molecule has 5 heteroatoms. The van der Waals surface area contributed by atoms with Crippen LogP contribution in [0, 0.1) is 5.92 Å². The second kappa shape index (κ2) is 6.27. The number of carbonyl (C=O) groups excluding carboxylic acids is 1. The number of hydrogen-bond donors (Lipinski definition) is 2. The van der Waals surface area contributed by atoms with Crippen LogP contribution in [-0.2, 0) is 4.74 Å². The van der Waals surface area contributed by atoms with Gasteiger partial charge in [0.05, 0.1) is 12.4 Å². The van der Waals surface area contributed by atoms with Gasteiger partial charge in [0.25, 0.3) is 0 Å². The zero-order valence-electron chi connectivity index (χ0n) is 8.95. The fraction of sp³-hybridized carbons (Fsp3) is 0.800. The normalized spacial score (nSPS) is 18.8. The monoisotopic (exact) mass is 213 g/mol. The second-order valence-electron chi connectivity index (χ2n) is 3.81. The molecule has 4 N–H and O–H groups in total. The summed E-state index contributed by atoms with van der Waals surface area (Å²) in [7, 11) is 0. The van der Waals surface area contributed by atoms with Crippen LogP contribution in [0.5, 0.6) is 0 Å². The lowest BCUT2D eigenvalue weighted by Crippen LogP contribution is -2.26. The third kappa shape index (κ3) is 4.67. The zero-order chi connectivity index (χ0) is 11.1. The van der Waals surface area contributed by atoms with Gasteiger partial charge in [-0.3, -0.25) is 4.99 Å². The molecule has 0 bridgehead atoms. The predicted molar refractivity (Wildman–Crippen MR) is 58.6 cm³/mol. The highest BCUT2D eigenvalue weighted by Gasteiger charge is 2.16. The Labute approximate surface area is 89.9 Å². The van der Waals surface area contributed by atoms with Crippen LogP contribution in [0.15, 0.2) is 4.99 Å². The minimum atomic E-state index is -0.763. The first-order valence-corrected chi connectivity index (χ1v) is 5.42. The van der Waals surface area contributed by atoms with Crippen molar-refractivity contribution in [2.45, 2.75) is 32.1 Å². The van der Waals surface area contributed by atoms with Crippen LogP contribution in [0.25, 0.3) is 0 Å². The van der Waals surface area contributed by atoms with E-state index >= 15 is 0 Å². The number of aliphatic imine (C=N–C) groups is 1. The molecule has 1 aliphatic carbocycles. The minimum absolute atomic E-state index is 0.211. The van der Waals surface area contributed by atoms with Crippen molar-refractivity contribution < 1.29 is 9.53 Å². The molecule has 0 heterocycles. The van der Waals surface area contributed by atoms with Crippen LogP contribution in [0.1, 0.15) is 32.1 Å². The van der Waals surface area contributed by atoms with E-state index in [4.69, 9.17) is 11.5 Å². The summed E-state index contributed by atoms with van der Waals surface area (Å²) < 4.78 is 4.56. The first kappa shape index (κ1) is 11.8. The lowest BCUT2D eigenvalue weighted by atomic mass is 9.88. The second-order valence-corrected chi connectivity index (χ2v) is 3.81. The Morgan fingerprint density at radius 1 is 1.27 bits per heavy atom. The van der Waals surface area contributed by atoms with Crippen LogP contribution in [0.3, 0.4) is 0 Å². The Kier molecular flexibility index (Phi) is 4.93. The van der Waals surface area contributed by atoms with Crippen LogP contribution < -0.4 is 11.5 Å². The summed E-state index contributed by atoms with van der Waals surface area (Å²) in [5, 5.41) is 0. The Morgan fingerprint density at radius 2 is 1.93 bits per heavy atom. The van der Waals surface area contributed by atoms with Gasteiger partial charge in [-0.05, 0) is 12.8 Å². The standard InChI is InChI=1S/C10H19N3O2/c11-9(8-4-2-1-3-5-8)13-6-7-15-10(12)14/h8H,1-7H2,(H2,11,13)(H2,12,14). The fourth-order valence-electron chi connectivity index (χ4n) is 1.85. The molecule has 1 aliphatic rings. The van der Waals surface area contributed by atoms with Gasteiger partial charge in [-0.15, -0.1) is 0 Å². The van der Waals surface area contributed by atoms with Gasteiger partial charge < -0.3 is 16.2 Å². The van der Waals surface area contributed by atoms with E-state index in [1.807, 2.05) is 0 Å². The van der Waals surface area contributed by atoms with Crippen molar-refractivity contribution in [2.75, 3.05) is 13.2 Å². The molecule has 1 saturated carbocycles. The molecule has 0 aromatic carbocycles. The van der Waals surface area contributed by atoms with Crippen molar-refractivity contribution in [1.82, 2.24) is 0 Å². The van der Waals surface area contributed by atoms with Crippen molar-refractivity contribution in [3.8, 4) is 0 Å². The van der Waals surface area contributed by atoms with Gasteiger partial charge in [0.15, 0.2) is 0 Å². The highest BCUT2D eigenvalue weighted by Crippen LogP contribution is 2.23. The molecule has 0 aliphatic heterocycles. The molecule has 0 radical (unpaired) electrons. The maximum Gasteiger partial charge on any atom is 0.404 e. The average molecular weight is 213 g/mol. The Balaban J connectivity index is 2.22. The summed E-state index contributed by atoms with van der Waals surface area (Å²) in [4.78, 5) is 14.4. The maximum atomic E-state index is 10.3. The van der Waals surface area contributed by atoms with E-state index in [0.29, 0.717) is 18.3 Å². The van der Waals surface area contributed by atoms with Gasteiger partial charge in [0.2, 0.25) is 0 Å². The average Bonchev–Trinajstić information content (AvgIpc) is 2.25. The van der Waals surface area contributed by atoms with E-state index in [9.17, 15) is 4.79 Å². The van der Waals surface area contributed by atoms with Crippen LogP contribution in [0.2, 0.25) is 0 Å². The molecule has 0 unspecified atom stereocenters. The summed E-state index contributed by atoms with van der Waals surface area (Å²) in [6.45, 7) is 0.619. The van der Waals surface area contributed by atoms with Crippen LogP contribution in [-0.4, -0.2) is 25.1 Å². The first-order valence-electron chi connectivity index (χ1n) is 5.42. The third-order valence-corrected chi connectivity index (χ3v) is 2.65. The van der Waals surface area contributed by atoms with Crippen molar-refractivity contribution >= 4 is 11.9 Å². The van der Waals surface area contributed by atoms with Gasteiger partial charge in [0, 0.05) is 5.92 Å². The number of primary amides is 1. The highest BCUT2D eigenvalue weighted by molar-refractivity contribution is 5.82. The molecule has 0 saturated heterocycles. The fourth-order valence-corrected chi connectivity index (χ4v) is 1.85. The third-order valence-electron chi connectivity index (χ3n) is 2.65.